The van der Waals surface area contributed by atoms with E-state index in [1.165, 1.54) is 62.9 Å². The zero-order valence-electron chi connectivity index (χ0n) is 32.0. The van der Waals surface area contributed by atoms with Crippen molar-refractivity contribution < 1.29 is 0 Å². The average Bonchev–Trinajstić information content (AvgIpc) is 3.98. The standard InChI is InChI=1S/C53H31N5S2/c1-2-13-32(14-3-1)33-25-27-34(28-26-33)50-54-51(35-29-30-45-40(31-35)36-15-6-10-22-44(36)59-45)56-52(55-50)38-17-5-8-20-42(38)57-41-19-7-4-16-37(41)48-39-18-12-24-47-49(39)58(53(48)57)43-21-9-11-23-46(43)60-47/h1-31H. The van der Waals surface area contributed by atoms with Crippen molar-refractivity contribution in [2.45, 2.75) is 9.79 Å². The molecular formula is C53H31N5S2. The molecule has 60 heavy (non-hydrogen) atoms. The maximum atomic E-state index is 5.37. The van der Waals surface area contributed by atoms with Crippen molar-refractivity contribution in [1.82, 2.24) is 24.1 Å². The topological polar surface area (TPSA) is 48.5 Å². The molecule has 0 radical (unpaired) electrons. The van der Waals surface area contributed by atoms with Crippen molar-refractivity contribution in [2.24, 2.45) is 0 Å². The molecule has 0 saturated carbocycles. The van der Waals surface area contributed by atoms with E-state index in [1.54, 1.807) is 0 Å². The van der Waals surface area contributed by atoms with Gasteiger partial charge in [0.2, 0.25) is 0 Å². The second kappa shape index (κ2) is 13.1. The smallest absolute Gasteiger partial charge is 0.166 e. The third kappa shape index (κ3) is 5.03. The van der Waals surface area contributed by atoms with Crippen LogP contribution in [-0.2, 0) is 0 Å². The van der Waals surface area contributed by atoms with Crippen LogP contribution < -0.4 is 0 Å². The van der Waals surface area contributed by atoms with E-state index in [9.17, 15) is 0 Å². The Morgan fingerprint density at radius 2 is 1.00 bits per heavy atom. The van der Waals surface area contributed by atoms with Gasteiger partial charge < -0.3 is 0 Å². The van der Waals surface area contributed by atoms with Crippen LogP contribution in [0, 0.1) is 0 Å². The number of nitrogens with zero attached hydrogens (tertiary/aromatic N) is 5. The van der Waals surface area contributed by atoms with E-state index >= 15 is 0 Å². The fourth-order valence-electron chi connectivity index (χ4n) is 9.09. The van der Waals surface area contributed by atoms with Crippen LogP contribution in [0.4, 0.5) is 0 Å². The van der Waals surface area contributed by atoms with Crippen molar-refractivity contribution >= 4 is 76.1 Å². The van der Waals surface area contributed by atoms with Gasteiger partial charge in [-0.15, -0.1) is 11.3 Å². The Labute approximate surface area is 352 Å². The molecule has 7 heteroatoms. The fourth-order valence-corrected chi connectivity index (χ4v) is 11.3. The molecule has 0 bridgehead atoms. The van der Waals surface area contributed by atoms with Gasteiger partial charge in [-0.2, -0.15) is 0 Å². The molecule has 0 unspecified atom stereocenters. The van der Waals surface area contributed by atoms with Gasteiger partial charge in [0.05, 0.1) is 22.4 Å². The first kappa shape index (κ1) is 33.6. The molecule has 280 valence electrons. The second-order valence-corrected chi connectivity index (χ2v) is 17.4. The van der Waals surface area contributed by atoms with Crippen molar-refractivity contribution in [1.29, 1.82) is 0 Å². The van der Waals surface area contributed by atoms with Crippen LogP contribution in [0.15, 0.2) is 198 Å². The predicted molar refractivity (Wildman–Crippen MR) is 250 cm³/mol. The molecule has 0 spiro atoms. The van der Waals surface area contributed by atoms with Gasteiger partial charge >= 0.3 is 0 Å². The van der Waals surface area contributed by atoms with Gasteiger partial charge in [-0.3, -0.25) is 9.13 Å². The normalized spacial score (nSPS) is 12.3. The number of hydrogen-bond acceptors (Lipinski definition) is 5. The lowest BCUT2D eigenvalue weighted by atomic mass is 10.0. The van der Waals surface area contributed by atoms with Gasteiger partial charge in [-0.05, 0) is 71.8 Å². The molecule has 8 aromatic carbocycles. The SMILES string of the molecule is c1ccc(-c2ccc(-c3nc(-c4ccc5sc6ccccc6c5c4)nc(-c4ccccc4-n4c5ccccc5c5c6cccc7c6n(c54)-c4ccccc4S7)n3)cc2)cc1. The highest BCUT2D eigenvalue weighted by atomic mass is 32.2. The zero-order chi connectivity index (χ0) is 39.3. The van der Waals surface area contributed by atoms with E-state index in [0.717, 1.165) is 39.1 Å². The lowest BCUT2D eigenvalue weighted by Crippen LogP contribution is -2.07. The molecule has 12 aromatic rings. The Kier molecular flexibility index (Phi) is 7.34. The molecule has 1 aliphatic rings. The molecule has 5 nitrogen and oxygen atoms in total. The zero-order valence-corrected chi connectivity index (χ0v) is 33.6. The number of benzene rings is 8. The number of aromatic nitrogens is 5. The number of hydrogen-bond donors (Lipinski definition) is 0. The van der Waals surface area contributed by atoms with E-state index in [1.807, 2.05) is 29.2 Å². The number of para-hydroxylation sites is 4. The fraction of sp³-hybridized carbons (Fsp3) is 0. The Bertz CT molecular complexity index is 3690. The van der Waals surface area contributed by atoms with E-state index in [4.69, 9.17) is 15.0 Å². The van der Waals surface area contributed by atoms with Gasteiger partial charge in [0.15, 0.2) is 17.5 Å². The van der Waals surface area contributed by atoms with Crippen molar-refractivity contribution in [3.8, 4) is 56.7 Å². The first-order valence-electron chi connectivity index (χ1n) is 20.0. The number of fused-ring (bicyclic) bond motifs is 10. The van der Waals surface area contributed by atoms with Crippen molar-refractivity contribution in [3.63, 3.8) is 0 Å². The molecule has 5 heterocycles. The maximum Gasteiger partial charge on any atom is 0.166 e. The third-order valence-electron chi connectivity index (χ3n) is 11.8. The highest BCUT2D eigenvalue weighted by molar-refractivity contribution is 7.99. The van der Waals surface area contributed by atoms with E-state index in [0.29, 0.717) is 17.5 Å². The predicted octanol–water partition coefficient (Wildman–Crippen LogP) is 14.4. The molecular weight excluding hydrogens is 771 g/mol. The Morgan fingerprint density at radius 3 is 1.88 bits per heavy atom. The van der Waals surface area contributed by atoms with Gasteiger partial charge in [-0.1, -0.05) is 139 Å². The van der Waals surface area contributed by atoms with Crippen LogP contribution >= 0.6 is 23.1 Å². The first-order chi connectivity index (χ1) is 29.7. The van der Waals surface area contributed by atoms with E-state index < -0.39 is 0 Å². The maximum absolute atomic E-state index is 5.37. The van der Waals surface area contributed by atoms with Crippen LogP contribution in [-0.4, -0.2) is 24.1 Å². The van der Waals surface area contributed by atoms with Crippen LogP contribution in [0.2, 0.25) is 0 Å². The summed E-state index contributed by atoms with van der Waals surface area (Å²) in [6.07, 6.45) is 0. The molecule has 0 atom stereocenters. The minimum atomic E-state index is 0.616. The van der Waals surface area contributed by atoms with Gasteiger partial charge in [0, 0.05) is 62.8 Å². The molecule has 0 amide bonds. The summed E-state index contributed by atoms with van der Waals surface area (Å²) >= 11 is 3.66. The summed E-state index contributed by atoms with van der Waals surface area (Å²) in [5.41, 5.74) is 10.8. The highest BCUT2D eigenvalue weighted by Crippen LogP contribution is 2.50. The molecule has 4 aromatic heterocycles. The molecule has 0 fully saturated rings. The minimum absolute atomic E-state index is 0.616. The lowest BCUT2D eigenvalue weighted by Gasteiger charge is -2.21. The Morgan fingerprint density at radius 1 is 0.383 bits per heavy atom. The molecule has 0 N–H and O–H groups in total. The summed E-state index contributed by atoms with van der Waals surface area (Å²) in [6, 6.07) is 67.0. The van der Waals surface area contributed by atoms with E-state index in [2.05, 4.69) is 191 Å². The Balaban J connectivity index is 1.07. The number of rotatable bonds is 5. The number of thiophene rings is 1. The lowest BCUT2D eigenvalue weighted by molar-refractivity contribution is 1.02. The van der Waals surface area contributed by atoms with Gasteiger partial charge in [-0.25, -0.2) is 15.0 Å². The minimum Gasteiger partial charge on any atom is -0.294 e. The molecule has 1 aliphatic heterocycles. The average molecular weight is 802 g/mol. The monoisotopic (exact) mass is 801 g/mol. The second-order valence-electron chi connectivity index (χ2n) is 15.2. The summed E-state index contributed by atoms with van der Waals surface area (Å²) in [6.45, 7) is 0. The van der Waals surface area contributed by atoms with Gasteiger partial charge in [0.1, 0.15) is 5.65 Å². The summed E-state index contributed by atoms with van der Waals surface area (Å²) in [5, 5.41) is 6.14. The van der Waals surface area contributed by atoms with Crippen molar-refractivity contribution in [3.05, 3.63) is 188 Å². The van der Waals surface area contributed by atoms with Crippen molar-refractivity contribution in [2.75, 3.05) is 0 Å². The first-order valence-corrected chi connectivity index (χ1v) is 21.7. The van der Waals surface area contributed by atoms with Gasteiger partial charge in [0.25, 0.3) is 0 Å². The largest absolute Gasteiger partial charge is 0.294 e. The van der Waals surface area contributed by atoms with Crippen LogP contribution in [0.25, 0.3) is 110 Å². The summed E-state index contributed by atoms with van der Waals surface area (Å²) in [7, 11) is 0. The summed E-state index contributed by atoms with van der Waals surface area (Å²) in [5.74, 6) is 1.88. The summed E-state index contributed by atoms with van der Waals surface area (Å²) < 4.78 is 7.41. The third-order valence-corrected chi connectivity index (χ3v) is 14.1. The van der Waals surface area contributed by atoms with Crippen LogP contribution in [0.1, 0.15) is 0 Å². The van der Waals surface area contributed by atoms with Crippen LogP contribution in [0.5, 0.6) is 0 Å². The highest BCUT2D eigenvalue weighted by Gasteiger charge is 2.29. The quantitative estimate of drug-likeness (QED) is 0.174. The summed E-state index contributed by atoms with van der Waals surface area (Å²) in [4.78, 5) is 18.4. The van der Waals surface area contributed by atoms with Crippen LogP contribution in [0.3, 0.4) is 0 Å². The Hall–Kier alpha value is -7.32. The molecule has 13 rings (SSSR count). The molecule has 0 saturated heterocycles. The molecule has 0 aliphatic carbocycles. The van der Waals surface area contributed by atoms with E-state index in [-0.39, 0.29) is 0 Å².